The Balaban J connectivity index is 2.70. The van der Waals surface area contributed by atoms with Crippen LogP contribution in [0.1, 0.15) is 25.3 Å². The van der Waals surface area contributed by atoms with E-state index in [4.69, 9.17) is 5.73 Å². The van der Waals surface area contributed by atoms with E-state index in [1.165, 1.54) is 5.56 Å². The van der Waals surface area contributed by atoms with Gasteiger partial charge < -0.3 is 5.73 Å². The second-order valence-electron chi connectivity index (χ2n) is 3.83. The highest BCUT2D eigenvalue weighted by atomic mass is 14.8. The Bertz CT molecular complexity index is 461. The lowest BCUT2D eigenvalue weighted by atomic mass is 10.00. The van der Waals surface area contributed by atoms with Crippen molar-refractivity contribution in [1.29, 1.82) is 0 Å². The van der Waals surface area contributed by atoms with Crippen LogP contribution in [0.2, 0.25) is 0 Å². The summed E-state index contributed by atoms with van der Waals surface area (Å²) in [5, 5.41) is 2.21. The van der Waals surface area contributed by atoms with Crippen molar-refractivity contribution in [3.8, 4) is 0 Å². The third-order valence-corrected chi connectivity index (χ3v) is 2.49. The van der Waals surface area contributed by atoms with E-state index in [1.54, 1.807) is 6.20 Å². The number of anilines is 1. The van der Waals surface area contributed by atoms with Crippen molar-refractivity contribution < 1.29 is 0 Å². The zero-order valence-electron chi connectivity index (χ0n) is 8.49. The SMILES string of the molecule is CC(C)c1ccc2ccnc(N)c2c1. The van der Waals surface area contributed by atoms with Gasteiger partial charge in [-0.3, -0.25) is 0 Å². The van der Waals surface area contributed by atoms with Gasteiger partial charge in [-0.15, -0.1) is 0 Å². The predicted octanol–water partition coefficient (Wildman–Crippen LogP) is 2.94. The zero-order chi connectivity index (χ0) is 10.1. The van der Waals surface area contributed by atoms with Gasteiger partial charge >= 0.3 is 0 Å². The van der Waals surface area contributed by atoms with E-state index in [2.05, 4.69) is 37.0 Å². The molecular weight excluding hydrogens is 172 g/mol. The van der Waals surface area contributed by atoms with Crippen molar-refractivity contribution in [2.24, 2.45) is 0 Å². The molecule has 0 spiro atoms. The molecule has 1 aromatic carbocycles. The summed E-state index contributed by atoms with van der Waals surface area (Å²) in [6.45, 7) is 4.35. The number of rotatable bonds is 1. The molecule has 2 heteroatoms. The summed E-state index contributed by atoms with van der Waals surface area (Å²) in [5.74, 6) is 1.14. The second-order valence-corrected chi connectivity index (χ2v) is 3.83. The standard InChI is InChI=1S/C12H14N2/c1-8(2)10-4-3-9-5-6-14-12(13)11(9)7-10/h3-8H,1-2H3,(H2,13,14). The van der Waals surface area contributed by atoms with Crippen molar-refractivity contribution in [1.82, 2.24) is 4.98 Å². The number of nitrogens with zero attached hydrogens (tertiary/aromatic N) is 1. The molecule has 2 rings (SSSR count). The molecule has 72 valence electrons. The highest BCUT2D eigenvalue weighted by Crippen LogP contribution is 2.23. The van der Waals surface area contributed by atoms with Crippen LogP contribution in [-0.4, -0.2) is 4.98 Å². The van der Waals surface area contributed by atoms with Gasteiger partial charge in [-0.2, -0.15) is 0 Å². The first-order valence-electron chi connectivity index (χ1n) is 4.82. The normalized spacial score (nSPS) is 11.1. The van der Waals surface area contributed by atoms with Gasteiger partial charge in [0.2, 0.25) is 0 Å². The van der Waals surface area contributed by atoms with Crippen LogP contribution in [0.15, 0.2) is 30.5 Å². The monoisotopic (exact) mass is 186 g/mol. The first-order chi connectivity index (χ1) is 6.68. The Kier molecular flexibility index (Phi) is 2.12. The summed E-state index contributed by atoms with van der Waals surface area (Å²) in [6, 6.07) is 8.35. The fourth-order valence-corrected chi connectivity index (χ4v) is 1.57. The Labute approximate surface area is 83.8 Å². The number of hydrogen-bond donors (Lipinski definition) is 1. The average molecular weight is 186 g/mol. The topological polar surface area (TPSA) is 38.9 Å². The van der Waals surface area contributed by atoms with E-state index in [1.807, 2.05) is 6.07 Å². The average Bonchev–Trinajstić information content (AvgIpc) is 2.18. The highest BCUT2D eigenvalue weighted by molar-refractivity contribution is 5.91. The molecule has 14 heavy (non-hydrogen) atoms. The molecule has 0 unspecified atom stereocenters. The summed E-state index contributed by atoms with van der Waals surface area (Å²) in [4.78, 5) is 4.09. The number of nitrogen functional groups attached to an aromatic ring is 1. The lowest BCUT2D eigenvalue weighted by Crippen LogP contribution is -1.93. The van der Waals surface area contributed by atoms with Gasteiger partial charge in [0.1, 0.15) is 5.82 Å². The summed E-state index contributed by atoms with van der Waals surface area (Å²) in [6.07, 6.45) is 1.74. The lowest BCUT2D eigenvalue weighted by molar-refractivity contribution is 0.869. The second kappa shape index (κ2) is 3.29. The van der Waals surface area contributed by atoms with Gasteiger partial charge in [-0.05, 0) is 29.0 Å². The molecule has 1 aromatic heterocycles. The molecule has 0 aliphatic carbocycles. The molecule has 0 amide bonds. The lowest BCUT2D eigenvalue weighted by Gasteiger charge is -2.07. The fraction of sp³-hybridized carbons (Fsp3) is 0.250. The van der Waals surface area contributed by atoms with Crippen LogP contribution < -0.4 is 5.73 Å². The molecular formula is C12H14N2. The van der Waals surface area contributed by atoms with E-state index in [9.17, 15) is 0 Å². The van der Waals surface area contributed by atoms with Gasteiger partial charge in [0, 0.05) is 11.6 Å². The minimum atomic E-state index is 0.527. The molecule has 2 N–H and O–H groups in total. The van der Waals surface area contributed by atoms with Gasteiger partial charge in [0.25, 0.3) is 0 Å². The van der Waals surface area contributed by atoms with E-state index in [0.717, 1.165) is 10.8 Å². The molecule has 0 radical (unpaired) electrons. The number of pyridine rings is 1. The maximum atomic E-state index is 5.81. The van der Waals surface area contributed by atoms with Crippen LogP contribution in [0, 0.1) is 0 Å². The number of nitrogens with two attached hydrogens (primary N) is 1. The quantitative estimate of drug-likeness (QED) is 0.743. The summed E-state index contributed by atoms with van der Waals surface area (Å²) >= 11 is 0. The van der Waals surface area contributed by atoms with Gasteiger partial charge in [-0.25, -0.2) is 4.98 Å². The molecule has 0 aliphatic rings. The molecule has 2 nitrogen and oxygen atoms in total. The van der Waals surface area contributed by atoms with Crippen molar-refractivity contribution in [2.45, 2.75) is 19.8 Å². The van der Waals surface area contributed by atoms with E-state index >= 15 is 0 Å². The number of benzene rings is 1. The molecule has 1 heterocycles. The third-order valence-electron chi connectivity index (χ3n) is 2.49. The van der Waals surface area contributed by atoms with Crippen molar-refractivity contribution in [2.75, 3.05) is 5.73 Å². The molecule has 0 saturated heterocycles. The smallest absolute Gasteiger partial charge is 0.131 e. The minimum absolute atomic E-state index is 0.527. The maximum absolute atomic E-state index is 5.81. The zero-order valence-corrected chi connectivity index (χ0v) is 8.49. The van der Waals surface area contributed by atoms with Gasteiger partial charge in [0.15, 0.2) is 0 Å². The first kappa shape index (κ1) is 9.00. The van der Waals surface area contributed by atoms with E-state index in [0.29, 0.717) is 11.7 Å². The van der Waals surface area contributed by atoms with Crippen LogP contribution >= 0.6 is 0 Å². The molecule has 0 atom stereocenters. The minimum Gasteiger partial charge on any atom is -0.383 e. The van der Waals surface area contributed by atoms with Crippen LogP contribution in [0.5, 0.6) is 0 Å². The Morgan fingerprint density at radius 2 is 2.00 bits per heavy atom. The Morgan fingerprint density at radius 1 is 1.21 bits per heavy atom. The molecule has 0 fully saturated rings. The van der Waals surface area contributed by atoms with Gasteiger partial charge in [-0.1, -0.05) is 26.0 Å². The molecule has 0 saturated carbocycles. The third kappa shape index (κ3) is 1.43. The highest BCUT2D eigenvalue weighted by Gasteiger charge is 2.02. The molecule has 2 aromatic rings. The van der Waals surface area contributed by atoms with Crippen molar-refractivity contribution in [3.05, 3.63) is 36.0 Å². The maximum Gasteiger partial charge on any atom is 0.131 e. The number of fused-ring (bicyclic) bond motifs is 1. The van der Waals surface area contributed by atoms with Crippen LogP contribution in [0.4, 0.5) is 5.82 Å². The van der Waals surface area contributed by atoms with E-state index < -0.39 is 0 Å². The fourth-order valence-electron chi connectivity index (χ4n) is 1.57. The van der Waals surface area contributed by atoms with Crippen LogP contribution in [-0.2, 0) is 0 Å². The van der Waals surface area contributed by atoms with Crippen LogP contribution in [0.25, 0.3) is 10.8 Å². The molecule has 0 bridgehead atoms. The summed E-state index contributed by atoms with van der Waals surface area (Å²) < 4.78 is 0. The van der Waals surface area contributed by atoms with E-state index in [-0.39, 0.29) is 0 Å². The van der Waals surface area contributed by atoms with Gasteiger partial charge in [0.05, 0.1) is 0 Å². The number of aromatic nitrogens is 1. The predicted molar refractivity (Wildman–Crippen MR) is 60.2 cm³/mol. The van der Waals surface area contributed by atoms with Crippen molar-refractivity contribution in [3.63, 3.8) is 0 Å². The first-order valence-corrected chi connectivity index (χ1v) is 4.82. The molecule has 0 aliphatic heterocycles. The summed E-state index contributed by atoms with van der Waals surface area (Å²) in [5.41, 5.74) is 7.12. The largest absolute Gasteiger partial charge is 0.383 e. The summed E-state index contributed by atoms with van der Waals surface area (Å²) in [7, 11) is 0. The number of hydrogen-bond acceptors (Lipinski definition) is 2. The Hall–Kier alpha value is -1.57. The van der Waals surface area contributed by atoms with Crippen LogP contribution in [0.3, 0.4) is 0 Å². The Morgan fingerprint density at radius 3 is 2.71 bits per heavy atom. The van der Waals surface area contributed by atoms with Crippen molar-refractivity contribution >= 4 is 16.6 Å².